The average molecular weight is 363 g/mol. The van der Waals surface area contributed by atoms with Gasteiger partial charge in [-0.25, -0.2) is 0 Å². The molecule has 2 aromatic carbocycles. The van der Waals surface area contributed by atoms with Gasteiger partial charge in [-0.3, -0.25) is 4.79 Å². The first-order valence-corrected chi connectivity index (χ1v) is 8.94. The zero-order valence-electron chi connectivity index (χ0n) is 13.5. The summed E-state index contributed by atoms with van der Waals surface area (Å²) < 4.78 is 0. The van der Waals surface area contributed by atoms with Crippen LogP contribution in [0.2, 0.25) is 0 Å². The molecule has 3 nitrogen and oxygen atoms in total. The lowest BCUT2D eigenvalue weighted by molar-refractivity contribution is -0.121. The molecule has 0 aromatic heterocycles. The molecule has 1 saturated heterocycles. The highest BCUT2D eigenvalue weighted by Crippen LogP contribution is 2.30. The third kappa shape index (κ3) is 5.55. The van der Waals surface area contributed by atoms with Gasteiger partial charge in [0, 0.05) is 28.8 Å². The van der Waals surface area contributed by atoms with E-state index >= 15 is 0 Å². The quantitative estimate of drug-likeness (QED) is 0.815. The normalized spacial score (nSPS) is 16.4. The molecule has 1 amide bonds. The van der Waals surface area contributed by atoms with Crippen LogP contribution < -0.4 is 10.6 Å². The summed E-state index contributed by atoms with van der Waals surface area (Å²) in [6.07, 6.45) is 2.86. The average Bonchev–Trinajstić information content (AvgIpc) is 3.08. The molecule has 0 aliphatic carbocycles. The fourth-order valence-electron chi connectivity index (χ4n) is 2.79. The van der Waals surface area contributed by atoms with Crippen molar-refractivity contribution in [3.63, 3.8) is 0 Å². The Labute approximate surface area is 154 Å². The zero-order chi connectivity index (χ0) is 15.9. The molecule has 0 radical (unpaired) electrons. The fraction of sp³-hybridized carbons (Fsp3) is 0.316. The number of carbonyl (C=O) groups excluding carboxylic acids is 1. The molecule has 0 spiro atoms. The van der Waals surface area contributed by atoms with Crippen LogP contribution in [0.4, 0.5) is 0 Å². The number of hydrogen-bond acceptors (Lipinski definition) is 3. The first-order valence-electron chi connectivity index (χ1n) is 8.12. The Bertz CT molecular complexity index is 645. The summed E-state index contributed by atoms with van der Waals surface area (Å²) in [5, 5.41) is 6.42. The van der Waals surface area contributed by atoms with Crippen molar-refractivity contribution >= 4 is 30.1 Å². The van der Waals surface area contributed by atoms with E-state index < -0.39 is 0 Å². The van der Waals surface area contributed by atoms with Gasteiger partial charge in [0.1, 0.15) is 0 Å². The fourth-order valence-corrected chi connectivity index (χ4v) is 3.75. The van der Waals surface area contributed by atoms with Crippen LogP contribution in [0.25, 0.3) is 0 Å². The van der Waals surface area contributed by atoms with Crippen LogP contribution in [0.5, 0.6) is 0 Å². The summed E-state index contributed by atoms with van der Waals surface area (Å²) in [6, 6.07) is 18.9. The summed E-state index contributed by atoms with van der Waals surface area (Å²) in [5.74, 6) is 0.129. The molecule has 0 saturated carbocycles. The summed E-state index contributed by atoms with van der Waals surface area (Å²) in [5.41, 5.74) is 1.16. The maximum atomic E-state index is 12.1. The molecule has 1 unspecified atom stereocenters. The number of hydrogen-bond donors (Lipinski definition) is 2. The van der Waals surface area contributed by atoms with Gasteiger partial charge in [-0.1, -0.05) is 48.2 Å². The van der Waals surface area contributed by atoms with E-state index in [4.69, 9.17) is 0 Å². The smallest absolute Gasteiger partial charge is 0.221 e. The predicted molar refractivity (Wildman–Crippen MR) is 102 cm³/mol. The van der Waals surface area contributed by atoms with Crippen molar-refractivity contribution < 1.29 is 4.79 Å². The number of carbonyl (C=O) groups is 1. The number of rotatable bonds is 6. The van der Waals surface area contributed by atoms with Gasteiger partial charge in [0.05, 0.1) is 0 Å². The Morgan fingerprint density at radius 2 is 1.88 bits per heavy atom. The summed E-state index contributed by atoms with van der Waals surface area (Å²) in [7, 11) is 0. The number of amides is 1. The Morgan fingerprint density at radius 1 is 1.12 bits per heavy atom. The van der Waals surface area contributed by atoms with E-state index in [0.29, 0.717) is 19.0 Å². The zero-order valence-corrected chi connectivity index (χ0v) is 15.2. The second-order valence-corrected chi connectivity index (χ2v) is 6.91. The predicted octanol–water partition coefficient (Wildman–Crippen LogP) is 4.02. The Kier molecular flexibility index (Phi) is 7.63. The third-order valence-electron chi connectivity index (χ3n) is 4.01. The molecule has 2 N–H and O–H groups in total. The minimum atomic E-state index is 0. The minimum Gasteiger partial charge on any atom is -0.352 e. The molecule has 1 aliphatic rings. The maximum Gasteiger partial charge on any atom is 0.221 e. The summed E-state index contributed by atoms with van der Waals surface area (Å²) in [6.45, 7) is 1.62. The summed E-state index contributed by atoms with van der Waals surface area (Å²) in [4.78, 5) is 14.5. The molecular weight excluding hydrogens is 340 g/mol. The standard InChI is InChI=1S/C19H22N2OS.ClH/c22-19(13-16-8-6-12-20-16)21-14-15-7-4-5-11-18(15)23-17-9-2-1-3-10-17;/h1-5,7,9-11,16,20H,6,8,12-14H2,(H,21,22);1H. The number of benzene rings is 2. The van der Waals surface area contributed by atoms with Gasteiger partial charge in [0.15, 0.2) is 0 Å². The molecule has 2 aromatic rings. The molecule has 128 valence electrons. The van der Waals surface area contributed by atoms with Crippen LogP contribution in [0.1, 0.15) is 24.8 Å². The molecular formula is C19H23ClN2OS. The lowest BCUT2D eigenvalue weighted by atomic mass is 10.1. The monoisotopic (exact) mass is 362 g/mol. The second-order valence-electron chi connectivity index (χ2n) is 5.80. The van der Waals surface area contributed by atoms with Gasteiger partial charge in [0.25, 0.3) is 0 Å². The van der Waals surface area contributed by atoms with Gasteiger partial charge in [-0.15, -0.1) is 12.4 Å². The molecule has 5 heteroatoms. The highest BCUT2D eigenvalue weighted by atomic mass is 35.5. The van der Waals surface area contributed by atoms with Gasteiger partial charge in [-0.05, 0) is 43.1 Å². The van der Waals surface area contributed by atoms with E-state index in [0.717, 1.165) is 18.5 Å². The van der Waals surface area contributed by atoms with Gasteiger partial charge in [-0.2, -0.15) is 0 Å². The lowest BCUT2D eigenvalue weighted by Gasteiger charge is -2.12. The number of nitrogens with one attached hydrogen (secondary N) is 2. The van der Waals surface area contributed by atoms with Crippen LogP contribution in [0.15, 0.2) is 64.4 Å². The molecule has 1 heterocycles. The molecule has 0 bridgehead atoms. The molecule has 3 rings (SSSR count). The lowest BCUT2D eigenvalue weighted by Crippen LogP contribution is -2.31. The highest BCUT2D eigenvalue weighted by Gasteiger charge is 2.17. The van der Waals surface area contributed by atoms with Gasteiger partial charge in [0.2, 0.25) is 5.91 Å². The van der Waals surface area contributed by atoms with Crippen molar-refractivity contribution in [1.82, 2.24) is 10.6 Å². The van der Waals surface area contributed by atoms with Crippen LogP contribution >= 0.6 is 24.2 Å². The maximum absolute atomic E-state index is 12.1. The van der Waals surface area contributed by atoms with E-state index in [1.54, 1.807) is 11.8 Å². The van der Waals surface area contributed by atoms with Crippen molar-refractivity contribution in [2.45, 2.75) is 41.6 Å². The van der Waals surface area contributed by atoms with Gasteiger partial charge < -0.3 is 10.6 Å². The molecule has 1 atom stereocenters. The van der Waals surface area contributed by atoms with Crippen molar-refractivity contribution in [1.29, 1.82) is 0 Å². The van der Waals surface area contributed by atoms with Gasteiger partial charge >= 0.3 is 0 Å². The number of halogens is 1. The first kappa shape index (κ1) is 18.8. The van der Waals surface area contributed by atoms with Crippen LogP contribution in [-0.2, 0) is 11.3 Å². The largest absolute Gasteiger partial charge is 0.352 e. The van der Waals surface area contributed by atoms with Crippen LogP contribution in [0.3, 0.4) is 0 Å². The Balaban J connectivity index is 0.00000208. The Morgan fingerprint density at radius 3 is 2.62 bits per heavy atom. The van der Waals surface area contributed by atoms with Crippen molar-refractivity contribution in [3.05, 3.63) is 60.2 Å². The summed E-state index contributed by atoms with van der Waals surface area (Å²) >= 11 is 1.74. The molecule has 24 heavy (non-hydrogen) atoms. The SMILES string of the molecule is Cl.O=C(CC1CCCN1)NCc1ccccc1Sc1ccccc1. The van der Waals surface area contributed by atoms with E-state index in [1.165, 1.54) is 16.2 Å². The highest BCUT2D eigenvalue weighted by molar-refractivity contribution is 7.99. The van der Waals surface area contributed by atoms with E-state index in [-0.39, 0.29) is 18.3 Å². The Hall–Kier alpha value is -1.49. The topological polar surface area (TPSA) is 41.1 Å². The van der Waals surface area contributed by atoms with Crippen molar-refractivity contribution in [3.8, 4) is 0 Å². The van der Waals surface area contributed by atoms with Crippen molar-refractivity contribution in [2.75, 3.05) is 6.54 Å². The van der Waals surface area contributed by atoms with E-state index in [1.807, 2.05) is 30.3 Å². The van der Waals surface area contributed by atoms with E-state index in [9.17, 15) is 4.79 Å². The first-order chi connectivity index (χ1) is 11.3. The second kappa shape index (κ2) is 9.72. The van der Waals surface area contributed by atoms with E-state index in [2.05, 4.69) is 34.9 Å². The third-order valence-corrected chi connectivity index (χ3v) is 5.14. The molecule has 1 aliphatic heterocycles. The minimum absolute atomic E-state index is 0. The van der Waals surface area contributed by atoms with Crippen molar-refractivity contribution in [2.24, 2.45) is 0 Å². The van der Waals surface area contributed by atoms with Crippen LogP contribution in [-0.4, -0.2) is 18.5 Å². The molecule has 1 fully saturated rings. The van der Waals surface area contributed by atoms with Crippen LogP contribution in [0, 0.1) is 0 Å².